The summed E-state index contributed by atoms with van der Waals surface area (Å²) in [4.78, 5) is 24.1. The molecular weight excluding hydrogens is 308 g/mol. The lowest BCUT2D eigenvalue weighted by Gasteiger charge is -2.18. The zero-order valence-electron chi connectivity index (χ0n) is 13.5. The zero-order valence-corrected chi connectivity index (χ0v) is 13.5. The molecular formula is C18H18N2O4. The fourth-order valence-electron chi connectivity index (χ4n) is 2.32. The van der Waals surface area contributed by atoms with Gasteiger partial charge in [-0.25, -0.2) is 0 Å². The fourth-order valence-corrected chi connectivity index (χ4v) is 2.32. The molecule has 0 spiro atoms. The molecule has 3 rings (SSSR count). The Morgan fingerprint density at radius 3 is 2.04 bits per heavy atom. The third-order valence-corrected chi connectivity index (χ3v) is 3.77. The van der Waals surface area contributed by atoms with Crippen LogP contribution < -0.4 is 20.1 Å². The molecule has 2 aromatic rings. The maximum atomic E-state index is 12.0. The van der Waals surface area contributed by atoms with E-state index in [0.29, 0.717) is 36.1 Å². The van der Waals surface area contributed by atoms with Gasteiger partial charge in [0.1, 0.15) is 13.2 Å². The number of aryl methyl sites for hydroxylation is 2. The number of hydrogen-bond acceptors (Lipinski definition) is 4. The summed E-state index contributed by atoms with van der Waals surface area (Å²) in [7, 11) is 0. The Labute approximate surface area is 139 Å². The first-order valence-corrected chi connectivity index (χ1v) is 7.62. The average molecular weight is 326 g/mol. The lowest BCUT2D eigenvalue weighted by Crippen LogP contribution is -2.29. The van der Waals surface area contributed by atoms with Crippen LogP contribution in [-0.4, -0.2) is 25.0 Å². The van der Waals surface area contributed by atoms with Crippen molar-refractivity contribution in [2.75, 3.05) is 23.8 Å². The fraction of sp³-hybridized carbons (Fsp3) is 0.222. The van der Waals surface area contributed by atoms with Gasteiger partial charge in [-0.05, 0) is 49.2 Å². The van der Waals surface area contributed by atoms with Crippen molar-refractivity contribution >= 4 is 23.2 Å². The SMILES string of the molecule is Cc1ccc(NC(=O)C(=O)Nc2ccc3c(c2)OCCO3)cc1C. The highest BCUT2D eigenvalue weighted by molar-refractivity contribution is 6.43. The van der Waals surface area contributed by atoms with Crippen molar-refractivity contribution in [3.05, 3.63) is 47.5 Å². The minimum absolute atomic E-state index is 0.456. The smallest absolute Gasteiger partial charge is 0.314 e. The summed E-state index contributed by atoms with van der Waals surface area (Å²) in [6, 6.07) is 10.5. The van der Waals surface area contributed by atoms with Crippen molar-refractivity contribution in [2.24, 2.45) is 0 Å². The summed E-state index contributed by atoms with van der Waals surface area (Å²) in [5.74, 6) is -0.300. The van der Waals surface area contributed by atoms with Crippen LogP contribution in [0.2, 0.25) is 0 Å². The first-order chi connectivity index (χ1) is 11.5. The molecule has 0 radical (unpaired) electrons. The number of fused-ring (bicyclic) bond motifs is 1. The summed E-state index contributed by atoms with van der Waals surface area (Å²) < 4.78 is 10.9. The monoisotopic (exact) mass is 326 g/mol. The Balaban J connectivity index is 1.65. The first kappa shape index (κ1) is 15.9. The Morgan fingerprint density at radius 1 is 0.792 bits per heavy atom. The van der Waals surface area contributed by atoms with Gasteiger partial charge in [0, 0.05) is 17.4 Å². The zero-order chi connectivity index (χ0) is 17.1. The highest BCUT2D eigenvalue weighted by Gasteiger charge is 2.17. The molecule has 2 N–H and O–H groups in total. The van der Waals surface area contributed by atoms with Gasteiger partial charge in [0.25, 0.3) is 0 Å². The average Bonchev–Trinajstić information content (AvgIpc) is 2.58. The van der Waals surface area contributed by atoms with Crippen LogP contribution in [0.5, 0.6) is 11.5 Å². The Kier molecular flexibility index (Phi) is 4.37. The molecule has 0 aromatic heterocycles. The molecule has 0 bridgehead atoms. The van der Waals surface area contributed by atoms with Gasteiger partial charge in [-0.3, -0.25) is 9.59 Å². The number of benzene rings is 2. The maximum absolute atomic E-state index is 12.0. The van der Waals surface area contributed by atoms with Crippen molar-refractivity contribution < 1.29 is 19.1 Å². The molecule has 0 fully saturated rings. The number of carbonyl (C=O) groups is 2. The van der Waals surface area contributed by atoms with Crippen molar-refractivity contribution in [1.29, 1.82) is 0 Å². The number of amides is 2. The topological polar surface area (TPSA) is 76.7 Å². The molecule has 2 aromatic carbocycles. The Bertz CT molecular complexity index is 802. The third-order valence-electron chi connectivity index (χ3n) is 3.77. The second-order valence-electron chi connectivity index (χ2n) is 5.57. The number of anilines is 2. The molecule has 0 unspecified atom stereocenters. The molecule has 0 saturated carbocycles. The summed E-state index contributed by atoms with van der Waals surface area (Å²) >= 11 is 0. The molecule has 2 amide bonds. The molecule has 6 nitrogen and oxygen atoms in total. The van der Waals surface area contributed by atoms with E-state index in [1.807, 2.05) is 26.0 Å². The van der Waals surface area contributed by atoms with Crippen LogP contribution in [0, 0.1) is 13.8 Å². The summed E-state index contributed by atoms with van der Waals surface area (Å²) in [6.07, 6.45) is 0. The van der Waals surface area contributed by atoms with Gasteiger partial charge in [0.05, 0.1) is 0 Å². The van der Waals surface area contributed by atoms with E-state index in [1.165, 1.54) is 0 Å². The van der Waals surface area contributed by atoms with Crippen molar-refractivity contribution in [1.82, 2.24) is 0 Å². The Morgan fingerprint density at radius 2 is 1.38 bits per heavy atom. The van der Waals surface area contributed by atoms with Gasteiger partial charge in [-0.15, -0.1) is 0 Å². The van der Waals surface area contributed by atoms with Crippen LogP contribution in [0.1, 0.15) is 11.1 Å². The number of nitrogens with one attached hydrogen (secondary N) is 2. The van der Waals surface area contributed by atoms with E-state index < -0.39 is 11.8 Å². The lowest BCUT2D eigenvalue weighted by atomic mass is 10.1. The molecule has 24 heavy (non-hydrogen) atoms. The minimum atomic E-state index is -0.745. The Hall–Kier alpha value is -3.02. The third kappa shape index (κ3) is 3.48. The summed E-state index contributed by atoms with van der Waals surface area (Å²) in [6.45, 7) is 4.88. The van der Waals surface area contributed by atoms with E-state index in [9.17, 15) is 9.59 Å². The molecule has 1 heterocycles. The van der Waals surface area contributed by atoms with Gasteiger partial charge in [0.2, 0.25) is 0 Å². The molecule has 1 aliphatic heterocycles. The largest absolute Gasteiger partial charge is 0.486 e. The molecule has 0 saturated heterocycles. The molecule has 0 aliphatic carbocycles. The lowest BCUT2D eigenvalue weighted by molar-refractivity contribution is -0.133. The first-order valence-electron chi connectivity index (χ1n) is 7.62. The minimum Gasteiger partial charge on any atom is -0.486 e. The summed E-state index contributed by atoms with van der Waals surface area (Å²) in [5.41, 5.74) is 3.22. The van der Waals surface area contributed by atoms with Crippen LogP contribution >= 0.6 is 0 Å². The van der Waals surface area contributed by atoms with Crippen LogP contribution in [0.15, 0.2) is 36.4 Å². The standard InChI is InChI=1S/C18H18N2O4/c1-11-3-4-13(9-12(11)2)19-17(21)18(22)20-14-5-6-15-16(10-14)24-8-7-23-15/h3-6,9-10H,7-8H2,1-2H3,(H,19,21)(H,20,22). The number of rotatable bonds is 2. The number of ether oxygens (including phenoxy) is 2. The van der Waals surface area contributed by atoms with Crippen LogP contribution in [-0.2, 0) is 9.59 Å². The number of hydrogen-bond donors (Lipinski definition) is 2. The van der Waals surface area contributed by atoms with Crippen LogP contribution in [0.4, 0.5) is 11.4 Å². The van der Waals surface area contributed by atoms with Crippen LogP contribution in [0.25, 0.3) is 0 Å². The van der Waals surface area contributed by atoms with E-state index in [1.54, 1.807) is 24.3 Å². The number of carbonyl (C=O) groups excluding carboxylic acids is 2. The van der Waals surface area contributed by atoms with Crippen LogP contribution in [0.3, 0.4) is 0 Å². The van der Waals surface area contributed by atoms with Crippen molar-refractivity contribution in [2.45, 2.75) is 13.8 Å². The highest BCUT2D eigenvalue weighted by Crippen LogP contribution is 2.32. The summed E-state index contributed by atoms with van der Waals surface area (Å²) in [5, 5.41) is 5.14. The van der Waals surface area contributed by atoms with Gasteiger partial charge < -0.3 is 20.1 Å². The quantitative estimate of drug-likeness (QED) is 0.832. The van der Waals surface area contributed by atoms with Crippen molar-refractivity contribution in [3.8, 4) is 11.5 Å². The highest BCUT2D eigenvalue weighted by atomic mass is 16.6. The van der Waals surface area contributed by atoms with Gasteiger partial charge in [-0.2, -0.15) is 0 Å². The maximum Gasteiger partial charge on any atom is 0.314 e. The molecule has 124 valence electrons. The van der Waals surface area contributed by atoms with E-state index >= 15 is 0 Å². The predicted octanol–water partition coefficient (Wildman–Crippen LogP) is 2.65. The normalized spacial score (nSPS) is 12.4. The molecule has 0 atom stereocenters. The predicted molar refractivity (Wildman–Crippen MR) is 90.6 cm³/mol. The molecule has 6 heteroatoms. The van der Waals surface area contributed by atoms with Gasteiger partial charge in [0.15, 0.2) is 11.5 Å². The van der Waals surface area contributed by atoms with Gasteiger partial charge in [-0.1, -0.05) is 6.07 Å². The second-order valence-corrected chi connectivity index (χ2v) is 5.57. The van der Waals surface area contributed by atoms with E-state index in [-0.39, 0.29) is 0 Å². The van der Waals surface area contributed by atoms with E-state index in [4.69, 9.17) is 9.47 Å². The van der Waals surface area contributed by atoms with E-state index in [2.05, 4.69) is 10.6 Å². The van der Waals surface area contributed by atoms with Crippen molar-refractivity contribution in [3.63, 3.8) is 0 Å². The van der Waals surface area contributed by atoms with Gasteiger partial charge >= 0.3 is 11.8 Å². The second kappa shape index (κ2) is 6.62. The molecule has 1 aliphatic rings. The van der Waals surface area contributed by atoms with E-state index in [0.717, 1.165) is 11.1 Å².